The quantitative estimate of drug-likeness (QED) is 0.591. The van der Waals surface area contributed by atoms with Gasteiger partial charge < -0.3 is 10.1 Å². The van der Waals surface area contributed by atoms with Crippen molar-refractivity contribution in [1.29, 1.82) is 0 Å². The lowest BCUT2D eigenvalue weighted by atomic mass is 10.3. The van der Waals surface area contributed by atoms with Crippen molar-refractivity contribution in [2.24, 2.45) is 0 Å². The number of carbonyl (C=O) groups excluding carboxylic acids is 2. The first kappa shape index (κ1) is 9.73. The Morgan fingerprint density at radius 1 is 1.69 bits per heavy atom. The average Bonchev–Trinajstić information content (AvgIpc) is 2.48. The number of nitrogens with one attached hydrogen (secondary N) is 1. The summed E-state index contributed by atoms with van der Waals surface area (Å²) in [7, 11) is 1.31. The summed E-state index contributed by atoms with van der Waals surface area (Å²) in [6.45, 7) is 1.81. The fraction of sp³-hybridized carbons (Fsp3) is 0.250. The van der Waals surface area contributed by atoms with Gasteiger partial charge in [0, 0.05) is 0 Å². The van der Waals surface area contributed by atoms with Crippen LogP contribution in [0.1, 0.15) is 15.2 Å². The summed E-state index contributed by atoms with van der Waals surface area (Å²) in [5.41, 5.74) is 1.39. The van der Waals surface area contributed by atoms with E-state index in [0.717, 1.165) is 5.56 Å². The van der Waals surface area contributed by atoms with E-state index in [-0.39, 0.29) is 0 Å². The predicted molar refractivity (Wildman–Crippen MR) is 50.1 cm³/mol. The number of esters is 1. The fourth-order valence-electron chi connectivity index (χ4n) is 0.925. The van der Waals surface area contributed by atoms with Gasteiger partial charge in [-0.05, 0) is 17.9 Å². The largest absolute Gasteiger partial charge is 0.465 e. The highest BCUT2D eigenvalue weighted by Gasteiger charge is 2.15. The van der Waals surface area contributed by atoms with Gasteiger partial charge in [0.1, 0.15) is 4.88 Å². The van der Waals surface area contributed by atoms with E-state index < -0.39 is 5.97 Å². The number of anilines is 1. The van der Waals surface area contributed by atoms with Crippen molar-refractivity contribution >= 4 is 29.4 Å². The lowest BCUT2D eigenvalue weighted by molar-refractivity contribution is -0.105. The van der Waals surface area contributed by atoms with Gasteiger partial charge in [0.25, 0.3) is 0 Å². The summed E-state index contributed by atoms with van der Waals surface area (Å²) in [6, 6.07) is 0. The van der Waals surface area contributed by atoms with Crippen molar-refractivity contribution in [2.75, 3.05) is 12.4 Å². The zero-order valence-corrected chi connectivity index (χ0v) is 8.10. The Bertz CT molecular complexity index is 332. The third-order valence-electron chi connectivity index (χ3n) is 1.55. The molecule has 1 aromatic rings. The highest BCUT2D eigenvalue weighted by Crippen LogP contribution is 2.27. The zero-order valence-electron chi connectivity index (χ0n) is 7.29. The molecule has 0 aromatic carbocycles. The summed E-state index contributed by atoms with van der Waals surface area (Å²) < 4.78 is 4.55. The first-order chi connectivity index (χ1) is 6.20. The Kier molecular flexibility index (Phi) is 3.02. The van der Waals surface area contributed by atoms with E-state index in [9.17, 15) is 9.59 Å². The number of rotatable bonds is 3. The van der Waals surface area contributed by atoms with Crippen LogP contribution in [0.2, 0.25) is 0 Å². The Balaban J connectivity index is 3.06. The molecule has 0 unspecified atom stereocenters. The number of hydrogen-bond acceptors (Lipinski definition) is 4. The van der Waals surface area contributed by atoms with Gasteiger partial charge >= 0.3 is 5.97 Å². The van der Waals surface area contributed by atoms with Gasteiger partial charge in [-0.15, -0.1) is 11.3 Å². The number of hydrogen-bond donors (Lipinski definition) is 1. The molecule has 70 valence electrons. The molecule has 0 radical (unpaired) electrons. The van der Waals surface area contributed by atoms with Crippen LogP contribution in [-0.4, -0.2) is 19.5 Å². The number of carbonyl (C=O) groups is 2. The predicted octanol–water partition coefficient (Wildman–Crippen LogP) is 1.41. The van der Waals surface area contributed by atoms with Crippen LogP contribution in [-0.2, 0) is 9.53 Å². The molecule has 4 nitrogen and oxygen atoms in total. The summed E-state index contributed by atoms with van der Waals surface area (Å²) >= 11 is 1.25. The number of thiophene rings is 1. The topological polar surface area (TPSA) is 55.4 Å². The molecule has 1 N–H and O–H groups in total. The summed E-state index contributed by atoms with van der Waals surface area (Å²) in [5, 5.41) is 4.26. The first-order valence-electron chi connectivity index (χ1n) is 3.57. The molecule has 0 saturated carbocycles. The SMILES string of the molecule is COC(=O)c1scc(C)c1NC=O. The van der Waals surface area contributed by atoms with Crippen molar-refractivity contribution in [2.45, 2.75) is 6.92 Å². The van der Waals surface area contributed by atoms with E-state index in [0.29, 0.717) is 17.0 Å². The Labute approximate surface area is 79.5 Å². The molecule has 13 heavy (non-hydrogen) atoms. The second kappa shape index (κ2) is 4.04. The lowest BCUT2D eigenvalue weighted by Crippen LogP contribution is -2.04. The minimum Gasteiger partial charge on any atom is -0.465 e. The van der Waals surface area contributed by atoms with E-state index >= 15 is 0 Å². The fourth-order valence-corrected chi connectivity index (χ4v) is 1.86. The molecule has 1 aromatic heterocycles. The van der Waals surface area contributed by atoms with Crippen molar-refractivity contribution in [3.63, 3.8) is 0 Å². The van der Waals surface area contributed by atoms with Crippen molar-refractivity contribution in [1.82, 2.24) is 0 Å². The highest BCUT2D eigenvalue weighted by atomic mass is 32.1. The maximum absolute atomic E-state index is 11.2. The van der Waals surface area contributed by atoms with Crippen LogP contribution in [0.3, 0.4) is 0 Å². The average molecular weight is 199 g/mol. The molecule has 0 spiro atoms. The normalized spacial score (nSPS) is 9.38. The zero-order chi connectivity index (χ0) is 9.84. The minimum absolute atomic E-state index is 0.423. The molecule has 0 aliphatic carbocycles. The van der Waals surface area contributed by atoms with Gasteiger partial charge in [0.05, 0.1) is 12.8 Å². The van der Waals surface area contributed by atoms with E-state index in [1.54, 1.807) is 5.38 Å². The maximum Gasteiger partial charge on any atom is 0.350 e. The molecule has 1 amide bonds. The van der Waals surface area contributed by atoms with Crippen molar-refractivity contribution in [3.05, 3.63) is 15.8 Å². The molecular weight excluding hydrogens is 190 g/mol. The summed E-state index contributed by atoms with van der Waals surface area (Å²) in [5.74, 6) is -0.428. The number of amides is 1. The second-order valence-electron chi connectivity index (χ2n) is 2.38. The molecular formula is C8H9NO3S. The molecule has 1 heterocycles. The Morgan fingerprint density at radius 2 is 2.38 bits per heavy atom. The van der Waals surface area contributed by atoms with Gasteiger partial charge in [-0.1, -0.05) is 0 Å². The highest BCUT2D eigenvalue weighted by molar-refractivity contribution is 7.12. The van der Waals surface area contributed by atoms with E-state index in [2.05, 4.69) is 10.1 Å². The smallest absolute Gasteiger partial charge is 0.350 e. The summed E-state index contributed by atoms with van der Waals surface area (Å²) in [4.78, 5) is 21.8. The van der Waals surface area contributed by atoms with Gasteiger partial charge in [-0.2, -0.15) is 0 Å². The monoisotopic (exact) mass is 199 g/mol. The van der Waals surface area contributed by atoms with E-state index in [1.807, 2.05) is 6.92 Å². The lowest BCUT2D eigenvalue weighted by Gasteiger charge is -2.00. The number of methoxy groups -OCH3 is 1. The van der Waals surface area contributed by atoms with E-state index in [1.165, 1.54) is 18.4 Å². The maximum atomic E-state index is 11.2. The van der Waals surface area contributed by atoms with E-state index in [4.69, 9.17) is 0 Å². The minimum atomic E-state index is -0.428. The van der Waals surface area contributed by atoms with Crippen LogP contribution >= 0.6 is 11.3 Å². The Hall–Kier alpha value is -1.36. The number of ether oxygens (including phenoxy) is 1. The molecule has 0 atom stereocenters. The molecule has 0 aliphatic heterocycles. The van der Waals surface area contributed by atoms with Crippen LogP contribution in [0.25, 0.3) is 0 Å². The summed E-state index contributed by atoms with van der Waals surface area (Å²) in [6.07, 6.45) is 0.543. The van der Waals surface area contributed by atoms with Crippen LogP contribution < -0.4 is 5.32 Å². The first-order valence-corrected chi connectivity index (χ1v) is 4.45. The van der Waals surface area contributed by atoms with Gasteiger partial charge in [0.15, 0.2) is 0 Å². The third kappa shape index (κ3) is 1.86. The molecule has 0 aliphatic rings. The van der Waals surface area contributed by atoms with Gasteiger partial charge in [0.2, 0.25) is 6.41 Å². The van der Waals surface area contributed by atoms with Crippen molar-refractivity contribution in [3.8, 4) is 0 Å². The number of aryl methyl sites for hydroxylation is 1. The van der Waals surface area contributed by atoms with Crippen LogP contribution in [0.5, 0.6) is 0 Å². The standard InChI is InChI=1S/C8H9NO3S/c1-5-3-13-7(8(11)12-2)6(5)9-4-10/h3-4H,1-2H3,(H,9,10). The second-order valence-corrected chi connectivity index (χ2v) is 3.26. The molecule has 1 rings (SSSR count). The molecule has 0 bridgehead atoms. The molecule has 5 heteroatoms. The van der Waals surface area contributed by atoms with Crippen LogP contribution in [0.4, 0.5) is 5.69 Å². The Morgan fingerprint density at radius 3 is 2.92 bits per heavy atom. The van der Waals surface area contributed by atoms with Gasteiger partial charge in [-0.3, -0.25) is 4.79 Å². The van der Waals surface area contributed by atoms with Crippen molar-refractivity contribution < 1.29 is 14.3 Å². The third-order valence-corrected chi connectivity index (χ3v) is 2.63. The molecule has 0 fully saturated rings. The van der Waals surface area contributed by atoms with Crippen LogP contribution in [0.15, 0.2) is 5.38 Å². The van der Waals surface area contributed by atoms with Gasteiger partial charge in [-0.25, -0.2) is 4.79 Å². The molecule has 0 saturated heterocycles. The van der Waals surface area contributed by atoms with Crippen LogP contribution in [0, 0.1) is 6.92 Å².